The zero-order valence-electron chi connectivity index (χ0n) is 59.1. The Balaban J connectivity index is 5.19. The van der Waals surface area contributed by atoms with Crippen LogP contribution >= 0.6 is 15.6 Å². The molecule has 540 valence electrons. The van der Waals surface area contributed by atoms with Crippen LogP contribution in [0.5, 0.6) is 0 Å². The highest BCUT2D eigenvalue weighted by Gasteiger charge is 2.30. The Morgan fingerprint density at radius 1 is 0.319 bits per heavy atom. The second-order valence-corrected chi connectivity index (χ2v) is 29.6. The van der Waals surface area contributed by atoms with Crippen molar-refractivity contribution in [1.82, 2.24) is 0 Å². The molecule has 0 amide bonds. The maximum Gasteiger partial charge on any atom is 0.472 e. The summed E-state index contributed by atoms with van der Waals surface area (Å²) in [6.45, 7) is 9.49. The lowest BCUT2D eigenvalue weighted by molar-refractivity contribution is -0.161. The van der Waals surface area contributed by atoms with E-state index in [0.717, 1.165) is 115 Å². The Labute approximate surface area is 556 Å². The number of rotatable bonds is 71. The third kappa shape index (κ3) is 65.1. The number of carbonyl (C=O) groups excluding carboxylic acids is 4. The van der Waals surface area contributed by atoms with E-state index in [0.29, 0.717) is 25.7 Å². The number of phosphoric ester groups is 2. The molecule has 0 rings (SSSR count). The van der Waals surface area contributed by atoms with Gasteiger partial charge in [-0.3, -0.25) is 37.3 Å². The first-order valence-electron chi connectivity index (χ1n) is 37.5. The zero-order chi connectivity index (χ0) is 67.2. The van der Waals surface area contributed by atoms with Gasteiger partial charge >= 0.3 is 39.5 Å². The molecule has 0 aromatic carbocycles. The molecule has 3 unspecified atom stereocenters. The predicted molar refractivity (Wildman–Crippen MR) is 368 cm³/mol. The van der Waals surface area contributed by atoms with Crippen LogP contribution in [-0.2, 0) is 65.4 Å². The number of unbranched alkanes of at least 4 members (excludes halogenated alkanes) is 40. The summed E-state index contributed by atoms with van der Waals surface area (Å²) >= 11 is 0. The summed E-state index contributed by atoms with van der Waals surface area (Å²) in [6, 6.07) is 0. The van der Waals surface area contributed by atoms with Crippen molar-refractivity contribution in [3.63, 3.8) is 0 Å². The summed E-state index contributed by atoms with van der Waals surface area (Å²) in [4.78, 5) is 72.5. The van der Waals surface area contributed by atoms with Crippen LogP contribution in [0.2, 0.25) is 0 Å². The summed E-state index contributed by atoms with van der Waals surface area (Å²) in [6.07, 6.45) is 50.2. The fourth-order valence-electron chi connectivity index (χ4n) is 10.9. The highest BCUT2D eigenvalue weighted by molar-refractivity contribution is 7.47. The number of esters is 4. The molecule has 0 aromatic heterocycles. The van der Waals surface area contributed by atoms with Crippen LogP contribution in [0.25, 0.3) is 0 Å². The van der Waals surface area contributed by atoms with E-state index in [9.17, 15) is 43.2 Å². The van der Waals surface area contributed by atoms with Crippen LogP contribution in [0.3, 0.4) is 0 Å². The van der Waals surface area contributed by atoms with E-state index in [1.54, 1.807) is 0 Å². The van der Waals surface area contributed by atoms with Gasteiger partial charge in [-0.1, -0.05) is 318 Å². The first-order valence-corrected chi connectivity index (χ1v) is 40.5. The van der Waals surface area contributed by atoms with Crippen molar-refractivity contribution >= 4 is 39.5 Å². The molecule has 0 aliphatic heterocycles. The number of phosphoric acid groups is 2. The standard InChI is InChI=1S/C72H140O17P2/c1-7-10-12-14-16-17-18-19-20-21-22-23-26-30-33-37-44-50-56-71(76)88-67(61-83-70(75)55-49-43-36-32-29-27-24-25-28-31-35-40-46-52-64(4)5)62-86-90(78,79)84-58-66(73)59-85-91(80,81)87-63-68(60-82-69(74)54-48-42-34-15-13-11-8-2)89-72(77)57-51-45-39-38-41-47-53-65(6)9-3/h64-68,73H,7-63H2,1-6H3,(H,78,79)(H,80,81)/t65?,66-,67-,68-/m1/s1. The van der Waals surface area contributed by atoms with Gasteiger partial charge in [0.05, 0.1) is 26.4 Å². The smallest absolute Gasteiger partial charge is 0.462 e. The largest absolute Gasteiger partial charge is 0.472 e. The van der Waals surface area contributed by atoms with Gasteiger partial charge in [-0.15, -0.1) is 0 Å². The van der Waals surface area contributed by atoms with Crippen molar-refractivity contribution in [3.05, 3.63) is 0 Å². The van der Waals surface area contributed by atoms with Gasteiger partial charge < -0.3 is 33.8 Å². The van der Waals surface area contributed by atoms with E-state index in [4.69, 9.17) is 37.0 Å². The van der Waals surface area contributed by atoms with Crippen LogP contribution in [0, 0.1) is 11.8 Å². The fourth-order valence-corrected chi connectivity index (χ4v) is 12.5. The highest BCUT2D eigenvalue weighted by Crippen LogP contribution is 2.45. The third-order valence-electron chi connectivity index (χ3n) is 17.1. The molecule has 17 nitrogen and oxygen atoms in total. The minimum atomic E-state index is -4.95. The molecule has 0 aliphatic carbocycles. The van der Waals surface area contributed by atoms with E-state index in [2.05, 4.69) is 41.5 Å². The van der Waals surface area contributed by atoms with E-state index in [1.807, 2.05) is 0 Å². The van der Waals surface area contributed by atoms with Gasteiger partial charge in [-0.05, 0) is 37.5 Å². The van der Waals surface area contributed by atoms with Crippen LogP contribution in [-0.4, -0.2) is 96.7 Å². The second kappa shape index (κ2) is 64.1. The molecule has 0 radical (unpaired) electrons. The van der Waals surface area contributed by atoms with Gasteiger partial charge in [0.25, 0.3) is 0 Å². The van der Waals surface area contributed by atoms with Crippen molar-refractivity contribution in [1.29, 1.82) is 0 Å². The SMILES string of the molecule is CCCCCCCCCCCCCCCCCCCCC(=O)O[C@H](COC(=O)CCCCCCCCCCCCCCCC(C)C)COP(=O)(O)OC[C@@H](O)COP(=O)(O)OC[C@@H](COC(=O)CCCCCCCCC)OC(=O)CCCCCCCCC(C)CC. The Kier molecular flexibility index (Phi) is 62.7. The van der Waals surface area contributed by atoms with Gasteiger partial charge in [-0.2, -0.15) is 0 Å². The molecule has 0 heterocycles. The Bertz CT molecular complexity index is 1770. The summed E-state index contributed by atoms with van der Waals surface area (Å²) in [5.74, 6) is -0.617. The number of aliphatic hydroxyl groups is 1. The summed E-state index contributed by atoms with van der Waals surface area (Å²) in [7, 11) is -9.90. The number of aliphatic hydroxyl groups excluding tert-OH is 1. The molecule has 19 heteroatoms. The molecule has 0 saturated carbocycles. The van der Waals surface area contributed by atoms with Crippen molar-refractivity contribution < 1.29 is 80.2 Å². The Morgan fingerprint density at radius 3 is 0.835 bits per heavy atom. The van der Waals surface area contributed by atoms with Crippen LogP contribution in [0.1, 0.15) is 369 Å². The normalized spacial score (nSPS) is 14.4. The van der Waals surface area contributed by atoms with Gasteiger partial charge in [-0.25, -0.2) is 9.13 Å². The molecule has 0 saturated heterocycles. The van der Waals surface area contributed by atoms with E-state index in [1.165, 1.54) is 173 Å². The fraction of sp³-hybridized carbons (Fsp3) is 0.944. The third-order valence-corrected chi connectivity index (χ3v) is 19.0. The average molecular weight is 1340 g/mol. The topological polar surface area (TPSA) is 237 Å². The van der Waals surface area contributed by atoms with E-state index in [-0.39, 0.29) is 25.7 Å². The number of hydrogen-bond acceptors (Lipinski definition) is 15. The molecule has 0 aromatic rings. The van der Waals surface area contributed by atoms with E-state index < -0.39 is 97.5 Å². The number of hydrogen-bond donors (Lipinski definition) is 3. The molecule has 0 spiro atoms. The molecular weight excluding hydrogens is 1200 g/mol. The van der Waals surface area contributed by atoms with Crippen LogP contribution in [0.15, 0.2) is 0 Å². The molecule has 6 atom stereocenters. The molecule has 0 bridgehead atoms. The molecular formula is C72H140O17P2. The summed E-state index contributed by atoms with van der Waals surface area (Å²) < 4.78 is 68.2. The minimum Gasteiger partial charge on any atom is -0.462 e. The maximum atomic E-state index is 13.0. The van der Waals surface area contributed by atoms with Crippen molar-refractivity contribution in [2.75, 3.05) is 39.6 Å². The summed E-state index contributed by atoms with van der Waals surface area (Å²) in [5, 5.41) is 10.6. The molecule has 3 N–H and O–H groups in total. The van der Waals surface area contributed by atoms with Gasteiger partial charge in [0.1, 0.15) is 19.3 Å². The monoisotopic (exact) mass is 1340 g/mol. The Hall–Kier alpha value is -1.94. The lowest BCUT2D eigenvalue weighted by Gasteiger charge is -2.21. The van der Waals surface area contributed by atoms with Gasteiger partial charge in [0.15, 0.2) is 12.2 Å². The highest BCUT2D eigenvalue weighted by atomic mass is 31.2. The summed E-state index contributed by atoms with van der Waals surface area (Å²) in [5.41, 5.74) is 0. The predicted octanol–water partition coefficient (Wildman–Crippen LogP) is 20.8. The number of carbonyl (C=O) groups is 4. The lowest BCUT2D eigenvalue weighted by Crippen LogP contribution is -2.30. The first-order chi connectivity index (χ1) is 43.9. The van der Waals surface area contributed by atoms with Crippen molar-refractivity contribution in [2.24, 2.45) is 11.8 Å². The van der Waals surface area contributed by atoms with Crippen LogP contribution < -0.4 is 0 Å². The van der Waals surface area contributed by atoms with Crippen LogP contribution in [0.4, 0.5) is 0 Å². The Morgan fingerprint density at radius 2 is 0.560 bits per heavy atom. The molecule has 91 heavy (non-hydrogen) atoms. The zero-order valence-corrected chi connectivity index (χ0v) is 60.9. The molecule has 0 aliphatic rings. The number of ether oxygens (including phenoxy) is 4. The van der Waals surface area contributed by atoms with E-state index >= 15 is 0 Å². The van der Waals surface area contributed by atoms with Crippen molar-refractivity contribution in [3.8, 4) is 0 Å². The molecule has 0 fully saturated rings. The lowest BCUT2D eigenvalue weighted by atomic mass is 10.00. The van der Waals surface area contributed by atoms with Gasteiger partial charge in [0.2, 0.25) is 0 Å². The van der Waals surface area contributed by atoms with Gasteiger partial charge in [0, 0.05) is 25.7 Å². The average Bonchev–Trinajstić information content (AvgIpc) is 3.72. The minimum absolute atomic E-state index is 0.103. The maximum absolute atomic E-state index is 13.0. The first kappa shape index (κ1) is 89.1. The second-order valence-electron chi connectivity index (χ2n) is 26.7. The quantitative estimate of drug-likeness (QED) is 0.0222. The van der Waals surface area contributed by atoms with Crippen molar-refractivity contribution in [2.45, 2.75) is 387 Å².